The molecule has 0 radical (unpaired) electrons. The molecule has 5 heteroatoms. The summed E-state index contributed by atoms with van der Waals surface area (Å²) in [6.45, 7) is 0. The average Bonchev–Trinajstić information content (AvgIpc) is 2.55. The number of aromatic amines is 1. The van der Waals surface area contributed by atoms with E-state index in [-0.39, 0.29) is 5.56 Å². The highest BCUT2D eigenvalue weighted by atomic mass is 79.9. The van der Waals surface area contributed by atoms with Crippen molar-refractivity contribution in [1.29, 1.82) is 5.26 Å². The van der Waals surface area contributed by atoms with E-state index < -0.39 is 5.56 Å². The normalized spacial score (nSPS) is 10.3. The van der Waals surface area contributed by atoms with Crippen LogP contribution in [0.4, 0.5) is 0 Å². The van der Waals surface area contributed by atoms with Crippen LogP contribution in [0.1, 0.15) is 5.56 Å². The molecule has 3 aromatic rings. The van der Waals surface area contributed by atoms with Gasteiger partial charge in [0.2, 0.25) is 0 Å². The van der Waals surface area contributed by atoms with Crippen LogP contribution in [0.3, 0.4) is 0 Å². The molecule has 3 rings (SSSR count). The maximum atomic E-state index is 12.3. The van der Waals surface area contributed by atoms with Gasteiger partial charge in [0.15, 0.2) is 0 Å². The summed E-state index contributed by atoms with van der Waals surface area (Å²) in [5.74, 6) is 0. The van der Waals surface area contributed by atoms with Crippen molar-refractivity contribution in [2.24, 2.45) is 0 Å². The standard InChI is InChI=1S/C18H10BrClN2O/c19-13-6-4-11(5-7-13)17-9-15(16(10-21)18(23)22-17)12-2-1-3-14(20)8-12/h1-9H,(H,22,23). The van der Waals surface area contributed by atoms with Crippen molar-refractivity contribution in [3.8, 4) is 28.5 Å². The topological polar surface area (TPSA) is 56.6 Å². The van der Waals surface area contributed by atoms with E-state index in [4.69, 9.17) is 11.6 Å². The van der Waals surface area contributed by atoms with Gasteiger partial charge in [0, 0.05) is 20.8 Å². The molecule has 0 aliphatic heterocycles. The average molecular weight is 386 g/mol. The first-order valence-electron chi connectivity index (χ1n) is 6.78. The number of nitrogens with one attached hydrogen (secondary N) is 1. The number of benzene rings is 2. The van der Waals surface area contributed by atoms with Gasteiger partial charge in [-0.3, -0.25) is 4.79 Å². The lowest BCUT2D eigenvalue weighted by Crippen LogP contribution is -2.12. The van der Waals surface area contributed by atoms with Crippen LogP contribution >= 0.6 is 27.5 Å². The Morgan fingerprint density at radius 3 is 2.43 bits per heavy atom. The molecule has 0 unspecified atom stereocenters. The Morgan fingerprint density at radius 2 is 1.78 bits per heavy atom. The van der Waals surface area contributed by atoms with Gasteiger partial charge in [0.25, 0.3) is 5.56 Å². The Labute approximate surface area is 146 Å². The largest absolute Gasteiger partial charge is 0.321 e. The first-order chi connectivity index (χ1) is 11.1. The summed E-state index contributed by atoms with van der Waals surface area (Å²) in [6.07, 6.45) is 0. The smallest absolute Gasteiger partial charge is 0.266 e. The van der Waals surface area contributed by atoms with Crippen LogP contribution in [-0.4, -0.2) is 4.98 Å². The predicted molar refractivity (Wildman–Crippen MR) is 95.4 cm³/mol. The summed E-state index contributed by atoms with van der Waals surface area (Å²) in [5.41, 5.74) is 2.47. The van der Waals surface area contributed by atoms with Crippen molar-refractivity contribution in [2.75, 3.05) is 0 Å². The van der Waals surface area contributed by atoms with E-state index in [2.05, 4.69) is 20.9 Å². The minimum Gasteiger partial charge on any atom is -0.321 e. The molecule has 1 aromatic heterocycles. The highest BCUT2D eigenvalue weighted by molar-refractivity contribution is 9.10. The summed E-state index contributed by atoms with van der Waals surface area (Å²) in [6, 6.07) is 18.5. The second-order valence-corrected chi connectivity index (χ2v) is 6.28. The Morgan fingerprint density at radius 1 is 1.04 bits per heavy atom. The quantitative estimate of drug-likeness (QED) is 0.675. The van der Waals surface area contributed by atoms with Gasteiger partial charge in [-0.1, -0.05) is 51.8 Å². The van der Waals surface area contributed by atoms with Gasteiger partial charge in [0.1, 0.15) is 11.6 Å². The maximum absolute atomic E-state index is 12.3. The minimum atomic E-state index is -0.414. The van der Waals surface area contributed by atoms with Gasteiger partial charge < -0.3 is 4.98 Å². The number of pyridine rings is 1. The molecule has 0 amide bonds. The Kier molecular flexibility index (Phi) is 4.33. The summed E-state index contributed by atoms with van der Waals surface area (Å²) < 4.78 is 0.951. The van der Waals surface area contributed by atoms with Gasteiger partial charge in [-0.05, 0) is 41.5 Å². The van der Waals surface area contributed by atoms with E-state index in [1.54, 1.807) is 24.3 Å². The fourth-order valence-corrected chi connectivity index (χ4v) is 2.79. The maximum Gasteiger partial charge on any atom is 0.266 e. The number of nitrogens with zero attached hydrogens (tertiary/aromatic N) is 1. The molecule has 3 nitrogen and oxygen atoms in total. The van der Waals surface area contributed by atoms with Crippen LogP contribution in [0.15, 0.2) is 63.9 Å². The molecule has 2 aromatic carbocycles. The lowest BCUT2D eigenvalue weighted by atomic mass is 9.99. The van der Waals surface area contributed by atoms with E-state index in [9.17, 15) is 10.1 Å². The molecule has 0 saturated carbocycles. The fourth-order valence-electron chi connectivity index (χ4n) is 2.34. The Hall–Kier alpha value is -2.35. The molecule has 0 aliphatic carbocycles. The van der Waals surface area contributed by atoms with Crippen LogP contribution < -0.4 is 5.56 Å². The molecular weight excluding hydrogens is 376 g/mol. The van der Waals surface area contributed by atoms with E-state index in [0.717, 1.165) is 15.6 Å². The summed E-state index contributed by atoms with van der Waals surface area (Å²) in [5, 5.41) is 9.87. The van der Waals surface area contributed by atoms with Crippen molar-refractivity contribution in [2.45, 2.75) is 0 Å². The number of nitriles is 1. The zero-order valence-corrected chi connectivity index (χ0v) is 14.1. The molecule has 0 aliphatic rings. The molecule has 0 bridgehead atoms. The van der Waals surface area contributed by atoms with Crippen molar-refractivity contribution in [1.82, 2.24) is 4.98 Å². The molecule has 112 valence electrons. The number of hydrogen-bond acceptors (Lipinski definition) is 2. The van der Waals surface area contributed by atoms with Crippen LogP contribution in [0.2, 0.25) is 5.02 Å². The number of halogens is 2. The van der Waals surface area contributed by atoms with Crippen molar-refractivity contribution >= 4 is 27.5 Å². The first-order valence-corrected chi connectivity index (χ1v) is 7.95. The highest BCUT2D eigenvalue weighted by Crippen LogP contribution is 2.28. The van der Waals surface area contributed by atoms with E-state index >= 15 is 0 Å². The number of H-pyrrole nitrogens is 1. The lowest BCUT2D eigenvalue weighted by Gasteiger charge is -2.08. The highest BCUT2D eigenvalue weighted by Gasteiger charge is 2.12. The molecular formula is C18H10BrClN2O. The summed E-state index contributed by atoms with van der Waals surface area (Å²) in [7, 11) is 0. The van der Waals surface area contributed by atoms with Crippen molar-refractivity contribution in [3.05, 3.63) is 80.0 Å². The van der Waals surface area contributed by atoms with E-state index in [1.807, 2.05) is 36.4 Å². The van der Waals surface area contributed by atoms with Crippen molar-refractivity contribution in [3.63, 3.8) is 0 Å². The number of rotatable bonds is 2. The predicted octanol–water partition coefficient (Wildman–Crippen LogP) is 5.00. The Balaban J connectivity index is 2.24. The number of aromatic nitrogens is 1. The second kappa shape index (κ2) is 6.41. The fraction of sp³-hybridized carbons (Fsp3) is 0. The monoisotopic (exact) mass is 384 g/mol. The van der Waals surface area contributed by atoms with Crippen LogP contribution in [-0.2, 0) is 0 Å². The van der Waals surface area contributed by atoms with Gasteiger partial charge in [0.05, 0.1) is 0 Å². The molecule has 1 heterocycles. The molecule has 23 heavy (non-hydrogen) atoms. The Bertz CT molecular complexity index is 972. The summed E-state index contributed by atoms with van der Waals surface area (Å²) >= 11 is 9.41. The van der Waals surface area contributed by atoms with E-state index in [0.29, 0.717) is 16.3 Å². The van der Waals surface area contributed by atoms with Gasteiger partial charge >= 0.3 is 0 Å². The third kappa shape index (κ3) is 3.21. The zero-order valence-electron chi connectivity index (χ0n) is 11.8. The molecule has 1 N–H and O–H groups in total. The lowest BCUT2D eigenvalue weighted by molar-refractivity contribution is 1.22. The van der Waals surface area contributed by atoms with Crippen molar-refractivity contribution < 1.29 is 0 Å². The second-order valence-electron chi connectivity index (χ2n) is 4.93. The van der Waals surface area contributed by atoms with Crippen LogP contribution in [0.5, 0.6) is 0 Å². The van der Waals surface area contributed by atoms with Gasteiger partial charge in [-0.2, -0.15) is 5.26 Å². The number of hydrogen-bond donors (Lipinski definition) is 1. The van der Waals surface area contributed by atoms with Crippen LogP contribution in [0, 0.1) is 11.3 Å². The van der Waals surface area contributed by atoms with Crippen LogP contribution in [0.25, 0.3) is 22.4 Å². The van der Waals surface area contributed by atoms with E-state index in [1.165, 1.54) is 0 Å². The molecule has 0 atom stereocenters. The molecule has 0 fully saturated rings. The van der Waals surface area contributed by atoms with Gasteiger partial charge in [-0.25, -0.2) is 0 Å². The third-order valence-electron chi connectivity index (χ3n) is 3.44. The minimum absolute atomic E-state index is 0.0770. The SMILES string of the molecule is N#Cc1c(-c2cccc(Cl)c2)cc(-c2ccc(Br)cc2)[nH]c1=O. The molecule has 0 saturated heterocycles. The molecule has 0 spiro atoms. The third-order valence-corrected chi connectivity index (χ3v) is 4.20. The summed E-state index contributed by atoms with van der Waals surface area (Å²) in [4.78, 5) is 15.0. The van der Waals surface area contributed by atoms with Gasteiger partial charge in [-0.15, -0.1) is 0 Å². The zero-order chi connectivity index (χ0) is 16.4. The first kappa shape index (κ1) is 15.5.